The first-order valence-corrected chi connectivity index (χ1v) is 8.76. The van der Waals surface area contributed by atoms with Crippen LogP contribution in [0.15, 0.2) is 42.5 Å². The number of nitro benzene ring substituents is 1. The first kappa shape index (κ1) is 19.8. The van der Waals surface area contributed by atoms with E-state index in [9.17, 15) is 19.7 Å². The van der Waals surface area contributed by atoms with Gasteiger partial charge in [-0.2, -0.15) is 5.01 Å². The summed E-state index contributed by atoms with van der Waals surface area (Å²) in [6.07, 6.45) is 0. The van der Waals surface area contributed by atoms with E-state index in [4.69, 9.17) is 23.2 Å². The molecule has 1 aliphatic heterocycles. The molecule has 2 N–H and O–H groups in total. The lowest BCUT2D eigenvalue weighted by atomic mass is 10.2. The Bertz CT molecular complexity index is 919. The molecule has 0 aromatic heterocycles. The molecule has 0 atom stereocenters. The number of non-ortho nitro benzene ring substituents is 1. The number of urea groups is 2. The number of anilines is 2. The third kappa shape index (κ3) is 3.58. The molecule has 10 nitrogen and oxygen atoms in total. The maximum absolute atomic E-state index is 12.9. The Labute approximate surface area is 169 Å². The van der Waals surface area contributed by atoms with E-state index in [-0.39, 0.29) is 28.0 Å². The maximum atomic E-state index is 12.9. The van der Waals surface area contributed by atoms with Crippen LogP contribution in [0.4, 0.5) is 26.7 Å². The van der Waals surface area contributed by atoms with E-state index in [0.717, 1.165) is 10.0 Å². The topological polar surface area (TPSA) is 111 Å². The second-order valence-corrected chi connectivity index (χ2v) is 6.36. The van der Waals surface area contributed by atoms with Gasteiger partial charge in [-0.25, -0.2) is 14.6 Å². The van der Waals surface area contributed by atoms with Crippen molar-refractivity contribution in [3.63, 3.8) is 0 Å². The molecule has 1 heterocycles. The Balaban J connectivity index is 1.83. The van der Waals surface area contributed by atoms with Crippen LogP contribution in [0.2, 0.25) is 10.0 Å². The van der Waals surface area contributed by atoms with Crippen LogP contribution in [0.5, 0.6) is 0 Å². The van der Waals surface area contributed by atoms with E-state index in [1.165, 1.54) is 29.2 Å². The first-order valence-electron chi connectivity index (χ1n) is 8.00. The molecule has 0 bridgehead atoms. The van der Waals surface area contributed by atoms with E-state index in [1.54, 1.807) is 25.1 Å². The molecular weight excluding hydrogens is 411 g/mol. The highest BCUT2D eigenvalue weighted by molar-refractivity contribution is 6.40. The highest BCUT2D eigenvalue weighted by atomic mass is 35.5. The largest absolute Gasteiger partial charge is 0.364 e. The fraction of sp³-hybridized carbons (Fsp3) is 0.125. The number of rotatable bonds is 4. The van der Waals surface area contributed by atoms with Crippen molar-refractivity contribution in [2.24, 2.45) is 0 Å². The molecule has 2 aromatic carbocycles. The van der Waals surface area contributed by atoms with Crippen LogP contribution in [0.3, 0.4) is 0 Å². The molecule has 0 spiro atoms. The van der Waals surface area contributed by atoms with Gasteiger partial charge in [-0.3, -0.25) is 15.0 Å². The number of hydrogen-bond acceptors (Lipinski definition) is 6. The highest BCUT2D eigenvalue weighted by Crippen LogP contribution is 2.34. The summed E-state index contributed by atoms with van der Waals surface area (Å²) in [7, 11) is 0. The third-order valence-electron chi connectivity index (χ3n) is 3.93. The van der Waals surface area contributed by atoms with Gasteiger partial charge in [-0.1, -0.05) is 29.3 Å². The molecule has 0 unspecified atom stereocenters. The van der Waals surface area contributed by atoms with Gasteiger partial charge in [0.2, 0.25) is 0 Å². The van der Waals surface area contributed by atoms with Gasteiger partial charge in [0.1, 0.15) is 5.69 Å². The SMILES string of the molecule is CCN(C(=O)N1NNN(c2c(Cl)cccc2Cl)C1=O)c1ccc([N+](=O)[O-])cc1. The summed E-state index contributed by atoms with van der Waals surface area (Å²) in [4.78, 5) is 37.1. The molecular formula is C16H14Cl2N6O4. The molecule has 0 aliphatic carbocycles. The zero-order chi connectivity index (χ0) is 20.4. The van der Waals surface area contributed by atoms with Crippen molar-refractivity contribution in [2.75, 3.05) is 16.5 Å². The van der Waals surface area contributed by atoms with Gasteiger partial charge in [-0.15, -0.1) is 11.1 Å². The number of hydrogen-bond donors (Lipinski definition) is 2. The van der Waals surface area contributed by atoms with Gasteiger partial charge in [0.15, 0.2) is 0 Å². The van der Waals surface area contributed by atoms with Crippen LogP contribution >= 0.6 is 23.2 Å². The maximum Gasteiger partial charge on any atom is 0.364 e. The first-order chi connectivity index (χ1) is 13.3. The molecule has 2 aromatic rings. The van der Waals surface area contributed by atoms with E-state index >= 15 is 0 Å². The summed E-state index contributed by atoms with van der Waals surface area (Å²) in [6.45, 7) is 1.92. The van der Waals surface area contributed by atoms with Gasteiger partial charge in [0.05, 0.1) is 15.0 Å². The van der Waals surface area contributed by atoms with E-state index < -0.39 is 17.0 Å². The zero-order valence-electron chi connectivity index (χ0n) is 14.4. The predicted octanol–water partition coefficient (Wildman–Crippen LogP) is 3.71. The Kier molecular flexibility index (Phi) is 5.66. The molecule has 28 heavy (non-hydrogen) atoms. The number of carbonyl (C=O) groups is 2. The average molecular weight is 425 g/mol. The number of imide groups is 1. The Morgan fingerprint density at radius 2 is 1.75 bits per heavy atom. The van der Waals surface area contributed by atoms with Gasteiger partial charge in [0.25, 0.3) is 5.69 Å². The van der Waals surface area contributed by atoms with Crippen LogP contribution in [0.1, 0.15) is 6.92 Å². The second kappa shape index (κ2) is 7.98. The van der Waals surface area contributed by atoms with Crippen LogP contribution in [0, 0.1) is 10.1 Å². The molecule has 3 rings (SSSR count). The summed E-state index contributed by atoms with van der Waals surface area (Å²) < 4.78 is 0. The third-order valence-corrected chi connectivity index (χ3v) is 4.54. The lowest BCUT2D eigenvalue weighted by Crippen LogP contribution is -2.49. The van der Waals surface area contributed by atoms with Crippen LogP contribution in [-0.2, 0) is 0 Å². The standard InChI is InChI=1S/C16H14Cl2N6O4/c1-2-21(10-6-8-11(9-7-10)24(27)28)15(25)23-16(26)22(19-20-23)14-12(17)4-3-5-13(14)18/h3-9,19-20H,2H2,1H3. The molecule has 1 saturated heterocycles. The second-order valence-electron chi connectivity index (χ2n) is 5.55. The number of benzene rings is 2. The van der Waals surface area contributed by atoms with Crippen molar-refractivity contribution in [3.05, 3.63) is 62.6 Å². The zero-order valence-corrected chi connectivity index (χ0v) is 15.9. The minimum Gasteiger partial charge on any atom is -0.293 e. The highest BCUT2D eigenvalue weighted by Gasteiger charge is 2.38. The Morgan fingerprint density at radius 3 is 2.29 bits per heavy atom. The lowest BCUT2D eigenvalue weighted by molar-refractivity contribution is -0.384. The Morgan fingerprint density at radius 1 is 1.14 bits per heavy atom. The molecule has 4 amide bonds. The van der Waals surface area contributed by atoms with Gasteiger partial charge in [0, 0.05) is 24.4 Å². The normalized spacial score (nSPS) is 13.8. The van der Waals surface area contributed by atoms with Crippen LogP contribution in [-0.4, -0.2) is 28.5 Å². The van der Waals surface area contributed by atoms with Crippen molar-refractivity contribution in [1.82, 2.24) is 16.1 Å². The number of nitrogens with zero attached hydrogens (tertiary/aromatic N) is 4. The number of hydrazine groups is 3. The van der Waals surface area contributed by atoms with Crippen LogP contribution in [0.25, 0.3) is 0 Å². The molecule has 12 heteroatoms. The van der Waals surface area contributed by atoms with Crippen molar-refractivity contribution in [1.29, 1.82) is 0 Å². The predicted molar refractivity (Wildman–Crippen MR) is 104 cm³/mol. The lowest BCUT2D eigenvalue weighted by Gasteiger charge is -2.24. The smallest absolute Gasteiger partial charge is 0.293 e. The average Bonchev–Trinajstić information content (AvgIpc) is 3.04. The quantitative estimate of drug-likeness (QED) is 0.571. The van der Waals surface area contributed by atoms with Crippen molar-refractivity contribution in [3.8, 4) is 0 Å². The number of amides is 4. The number of carbonyl (C=O) groups excluding carboxylic acids is 2. The number of nitro groups is 1. The fourth-order valence-electron chi connectivity index (χ4n) is 2.58. The molecule has 146 valence electrons. The summed E-state index contributed by atoms with van der Waals surface area (Å²) >= 11 is 12.2. The number of nitrogens with one attached hydrogen (secondary N) is 2. The summed E-state index contributed by atoms with van der Waals surface area (Å²) in [6, 6.07) is 8.69. The molecule has 0 radical (unpaired) electrons. The van der Waals surface area contributed by atoms with E-state index in [1.807, 2.05) is 0 Å². The van der Waals surface area contributed by atoms with Crippen molar-refractivity contribution < 1.29 is 14.5 Å². The molecule has 0 saturated carbocycles. The van der Waals surface area contributed by atoms with Crippen LogP contribution < -0.4 is 21.0 Å². The summed E-state index contributed by atoms with van der Waals surface area (Å²) in [5.74, 6) is 0. The van der Waals surface area contributed by atoms with E-state index in [0.29, 0.717) is 5.69 Å². The number of halogens is 2. The summed E-state index contributed by atoms with van der Waals surface area (Å²) in [5.41, 5.74) is 5.48. The van der Waals surface area contributed by atoms with Gasteiger partial charge in [-0.05, 0) is 31.2 Å². The van der Waals surface area contributed by atoms with Gasteiger partial charge < -0.3 is 0 Å². The van der Waals surface area contributed by atoms with Gasteiger partial charge >= 0.3 is 12.1 Å². The minimum atomic E-state index is -0.750. The molecule has 1 fully saturated rings. The fourth-order valence-corrected chi connectivity index (χ4v) is 3.15. The number of para-hydroxylation sites is 1. The minimum absolute atomic E-state index is 0.108. The van der Waals surface area contributed by atoms with E-state index in [2.05, 4.69) is 11.1 Å². The van der Waals surface area contributed by atoms with Crippen molar-refractivity contribution in [2.45, 2.75) is 6.92 Å². The molecule has 1 aliphatic rings. The Hall–Kier alpha value is -2.92. The summed E-state index contributed by atoms with van der Waals surface area (Å²) in [5, 5.41) is 13.0. The monoisotopic (exact) mass is 424 g/mol. The van der Waals surface area contributed by atoms with Crippen molar-refractivity contribution >= 4 is 52.3 Å².